The van der Waals surface area contributed by atoms with Crippen LogP contribution in [0.1, 0.15) is 31.8 Å². The van der Waals surface area contributed by atoms with E-state index >= 15 is 0 Å². The Kier molecular flexibility index (Phi) is 4.49. The summed E-state index contributed by atoms with van der Waals surface area (Å²) < 4.78 is 26.5. The lowest BCUT2D eigenvalue weighted by Gasteiger charge is -2.14. The van der Waals surface area contributed by atoms with Crippen LogP contribution in [0.3, 0.4) is 0 Å². The van der Waals surface area contributed by atoms with E-state index in [2.05, 4.69) is 0 Å². The number of ketones is 2. The SMILES string of the molecule is O=C(c1ccc(F)cc1)c1cc2ccc3cc(C(=O)c4ccc(F)cc4)cc4ccc(c1)c2c34. The lowest BCUT2D eigenvalue weighted by molar-refractivity contribution is 0.103. The minimum atomic E-state index is -0.385. The van der Waals surface area contributed by atoms with E-state index in [1.165, 1.54) is 48.5 Å². The van der Waals surface area contributed by atoms with Crippen LogP contribution in [-0.4, -0.2) is 11.6 Å². The Hall–Kier alpha value is -4.44. The van der Waals surface area contributed by atoms with Gasteiger partial charge in [0.15, 0.2) is 11.6 Å². The van der Waals surface area contributed by atoms with Crippen molar-refractivity contribution in [3.05, 3.63) is 131 Å². The maximum Gasteiger partial charge on any atom is 0.193 e. The highest BCUT2D eigenvalue weighted by atomic mass is 19.1. The van der Waals surface area contributed by atoms with Gasteiger partial charge in [0.25, 0.3) is 0 Å². The van der Waals surface area contributed by atoms with E-state index in [0.717, 1.165) is 32.3 Å². The Morgan fingerprint density at radius 2 is 0.706 bits per heavy atom. The zero-order valence-electron chi connectivity index (χ0n) is 17.8. The van der Waals surface area contributed by atoms with Crippen molar-refractivity contribution >= 4 is 43.9 Å². The number of benzene rings is 6. The van der Waals surface area contributed by atoms with Gasteiger partial charge in [-0.2, -0.15) is 0 Å². The molecule has 0 aliphatic rings. The highest BCUT2D eigenvalue weighted by molar-refractivity contribution is 6.26. The van der Waals surface area contributed by atoms with Crippen LogP contribution in [0.15, 0.2) is 97.1 Å². The van der Waals surface area contributed by atoms with E-state index in [1.54, 1.807) is 0 Å². The quantitative estimate of drug-likeness (QED) is 0.210. The topological polar surface area (TPSA) is 34.1 Å². The molecule has 6 aromatic rings. The molecule has 0 heterocycles. The third kappa shape index (κ3) is 3.23. The molecule has 0 fully saturated rings. The first-order valence-electron chi connectivity index (χ1n) is 10.8. The molecule has 0 saturated carbocycles. The monoisotopic (exact) mass is 446 g/mol. The smallest absolute Gasteiger partial charge is 0.193 e. The van der Waals surface area contributed by atoms with Crippen molar-refractivity contribution in [1.82, 2.24) is 0 Å². The Morgan fingerprint density at radius 1 is 0.412 bits per heavy atom. The molecule has 0 spiro atoms. The lowest BCUT2D eigenvalue weighted by Crippen LogP contribution is -2.03. The van der Waals surface area contributed by atoms with Gasteiger partial charge >= 0.3 is 0 Å². The molecule has 0 radical (unpaired) electrons. The Labute approximate surface area is 193 Å². The summed E-state index contributed by atoms with van der Waals surface area (Å²) in [6.45, 7) is 0. The first-order chi connectivity index (χ1) is 16.5. The summed E-state index contributed by atoms with van der Waals surface area (Å²) in [4.78, 5) is 26.0. The molecule has 0 atom stereocenters. The molecule has 34 heavy (non-hydrogen) atoms. The fraction of sp³-hybridized carbons (Fsp3) is 0. The zero-order chi connectivity index (χ0) is 23.4. The fourth-order valence-electron chi connectivity index (χ4n) is 4.64. The van der Waals surface area contributed by atoms with E-state index in [0.29, 0.717) is 22.3 Å². The Morgan fingerprint density at radius 3 is 1.00 bits per heavy atom. The average molecular weight is 446 g/mol. The van der Waals surface area contributed by atoms with Crippen LogP contribution in [0, 0.1) is 11.6 Å². The second-order valence-electron chi connectivity index (χ2n) is 8.40. The molecule has 0 aromatic heterocycles. The van der Waals surface area contributed by atoms with Crippen LogP contribution in [0.25, 0.3) is 32.3 Å². The molecule has 0 saturated heterocycles. The van der Waals surface area contributed by atoms with Crippen molar-refractivity contribution < 1.29 is 18.4 Å². The largest absolute Gasteiger partial charge is 0.289 e. The molecule has 0 aliphatic carbocycles. The van der Waals surface area contributed by atoms with Crippen LogP contribution in [0.2, 0.25) is 0 Å². The molecule has 0 unspecified atom stereocenters. The van der Waals surface area contributed by atoms with E-state index in [-0.39, 0.29) is 23.2 Å². The van der Waals surface area contributed by atoms with Crippen molar-refractivity contribution in [2.75, 3.05) is 0 Å². The van der Waals surface area contributed by atoms with Gasteiger partial charge in [-0.25, -0.2) is 8.78 Å². The van der Waals surface area contributed by atoms with E-state index in [9.17, 15) is 18.4 Å². The molecule has 0 aliphatic heterocycles. The molecule has 0 N–H and O–H groups in total. The van der Waals surface area contributed by atoms with Crippen LogP contribution < -0.4 is 0 Å². The summed E-state index contributed by atoms with van der Waals surface area (Å²) in [5, 5.41) is 5.70. The first-order valence-corrected chi connectivity index (χ1v) is 10.8. The molecule has 2 nitrogen and oxygen atoms in total. The van der Waals surface area contributed by atoms with Crippen LogP contribution >= 0.6 is 0 Å². The molecular weight excluding hydrogens is 430 g/mol. The van der Waals surface area contributed by atoms with Gasteiger partial charge in [-0.3, -0.25) is 9.59 Å². The normalized spacial score (nSPS) is 11.5. The molecular formula is C30H16F2O2. The fourth-order valence-corrected chi connectivity index (χ4v) is 4.64. The van der Waals surface area contributed by atoms with E-state index < -0.39 is 0 Å². The number of rotatable bonds is 4. The summed E-state index contributed by atoms with van der Waals surface area (Å²) in [6, 6.07) is 26.2. The maximum absolute atomic E-state index is 13.3. The van der Waals surface area contributed by atoms with Gasteiger partial charge in [-0.05, 0) is 105 Å². The van der Waals surface area contributed by atoms with Crippen LogP contribution in [0.4, 0.5) is 8.78 Å². The third-order valence-corrected chi connectivity index (χ3v) is 6.27. The summed E-state index contributed by atoms with van der Waals surface area (Å²) in [7, 11) is 0. The Balaban J connectivity index is 1.49. The first kappa shape index (κ1) is 20.2. The number of halogens is 2. The number of carbonyl (C=O) groups is 2. The van der Waals surface area contributed by atoms with Crippen LogP contribution in [-0.2, 0) is 0 Å². The summed E-state index contributed by atoms with van der Waals surface area (Å²) >= 11 is 0. The number of hydrogen-bond acceptors (Lipinski definition) is 2. The number of carbonyl (C=O) groups excluding carboxylic acids is 2. The minimum absolute atomic E-state index is 0.169. The lowest BCUT2D eigenvalue weighted by atomic mass is 9.89. The third-order valence-electron chi connectivity index (χ3n) is 6.27. The Bertz CT molecular complexity index is 1540. The van der Waals surface area contributed by atoms with Crippen molar-refractivity contribution in [2.45, 2.75) is 0 Å². The van der Waals surface area contributed by atoms with Crippen molar-refractivity contribution in [2.24, 2.45) is 0 Å². The van der Waals surface area contributed by atoms with Gasteiger partial charge in [0.2, 0.25) is 0 Å². The second-order valence-corrected chi connectivity index (χ2v) is 8.40. The molecule has 162 valence electrons. The molecule has 0 amide bonds. The van der Waals surface area contributed by atoms with Gasteiger partial charge in [0.1, 0.15) is 11.6 Å². The van der Waals surface area contributed by atoms with E-state index in [1.807, 2.05) is 48.5 Å². The summed E-state index contributed by atoms with van der Waals surface area (Å²) in [5.74, 6) is -1.11. The summed E-state index contributed by atoms with van der Waals surface area (Å²) in [6.07, 6.45) is 0. The second kappa shape index (κ2) is 7.56. The molecule has 0 bridgehead atoms. The highest BCUT2D eigenvalue weighted by Gasteiger charge is 2.17. The van der Waals surface area contributed by atoms with Crippen molar-refractivity contribution in [3.8, 4) is 0 Å². The predicted octanol–water partition coefficient (Wildman–Crippen LogP) is 7.32. The van der Waals surface area contributed by atoms with Crippen LogP contribution in [0.5, 0.6) is 0 Å². The number of hydrogen-bond donors (Lipinski definition) is 0. The minimum Gasteiger partial charge on any atom is -0.289 e. The molecule has 6 aromatic carbocycles. The standard InChI is InChI=1S/C30H16F2O2/c31-25-9-5-17(6-10-25)29(33)23-13-19-1-2-20-14-24(30(34)18-7-11-26(32)12-8-18)16-22-4-3-21(15-23)27(19)28(20)22/h1-16H. The van der Waals surface area contributed by atoms with Gasteiger partial charge in [-0.1, -0.05) is 24.3 Å². The van der Waals surface area contributed by atoms with Gasteiger partial charge < -0.3 is 0 Å². The predicted molar refractivity (Wildman–Crippen MR) is 130 cm³/mol. The van der Waals surface area contributed by atoms with Gasteiger partial charge in [-0.15, -0.1) is 0 Å². The van der Waals surface area contributed by atoms with Gasteiger partial charge in [0, 0.05) is 22.3 Å². The molecule has 4 heteroatoms. The summed E-state index contributed by atoms with van der Waals surface area (Å²) in [5.41, 5.74) is 1.92. The maximum atomic E-state index is 13.3. The van der Waals surface area contributed by atoms with Gasteiger partial charge in [0.05, 0.1) is 0 Å². The van der Waals surface area contributed by atoms with Crippen molar-refractivity contribution in [1.29, 1.82) is 0 Å². The highest BCUT2D eigenvalue weighted by Crippen LogP contribution is 2.36. The van der Waals surface area contributed by atoms with E-state index in [4.69, 9.17) is 0 Å². The average Bonchev–Trinajstić information content (AvgIpc) is 2.87. The zero-order valence-corrected chi connectivity index (χ0v) is 17.8. The van der Waals surface area contributed by atoms with Crippen molar-refractivity contribution in [3.63, 3.8) is 0 Å². The molecule has 6 rings (SSSR count).